The minimum atomic E-state index is -0.770. The summed E-state index contributed by atoms with van der Waals surface area (Å²) in [6.07, 6.45) is -1.52. The van der Waals surface area contributed by atoms with Crippen molar-refractivity contribution in [3.63, 3.8) is 0 Å². The van der Waals surface area contributed by atoms with E-state index in [-0.39, 0.29) is 19.8 Å². The van der Waals surface area contributed by atoms with Gasteiger partial charge in [-0.25, -0.2) is 9.59 Å². The largest absolute Gasteiger partial charge is 0.508 e. The van der Waals surface area contributed by atoms with Gasteiger partial charge in [0, 0.05) is 0 Å². The normalized spacial score (nSPS) is 11.4. The van der Waals surface area contributed by atoms with Crippen molar-refractivity contribution in [2.45, 2.75) is 33.3 Å². The number of carbonyl (C=O) groups is 2. The zero-order chi connectivity index (χ0) is 12.4. The van der Waals surface area contributed by atoms with Gasteiger partial charge in [0.15, 0.2) is 0 Å². The van der Waals surface area contributed by atoms with Crippen LogP contribution in [0, 0.1) is 0 Å². The number of hydrogen-bond acceptors (Lipinski definition) is 6. The van der Waals surface area contributed by atoms with Crippen LogP contribution in [0.15, 0.2) is 0 Å². The predicted molar refractivity (Wildman–Crippen MR) is 55.2 cm³/mol. The van der Waals surface area contributed by atoms with Crippen LogP contribution < -0.4 is 0 Å². The second kappa shape index (κ2) is 8.82. The molecule has 94 valence electrons. The molecule has 0 heterocycles. The van der Waals surface area contributed by atoms with Gasteiger partial charge < -0.3 is 18.9 Å². The minimum absolute atomic E-state index is 0.0336. The van der Waals surface area contributed by atoms with Crippen LogP contribution in [-0.4, -0.2) is 38.2 Å². The molecule has 1 atom stereocenters. The first kappa shape index (κ1) is 14.5. The van der Waals surface area contributed by atoms with E-state index in [1.165, 1.54) is 0 Å². The Kier molecular flexibility index (Phi) is 8.01. The first-order valence-electron chi connectivity index (χ1n) is 5.26. The van der Waals surface area contributed by atoms with Gasteiger partial charge >= 0.3 is 12.3 Å². The molecule has 0 saturated heterocycles. The van der Waals surface area contributed by atoms with Gasteiger partial charge in [-0.05, 0) is 20.3 Å². The van der Waals surface area contributed by atoms with Crippen molar-refractivity contribution in [3.05, 3.63) is 0 Å². The molecule has 6 nitrogen and oxygen atoms in total. The average molecular weight is 234 g/mol. The highest BCUT2D eigenvalue weighted by atomic mass is 16.7. The van der Waals surface area contributed by atoms with E-state index >= 15 is 0 Å². The highest BCUT2D eigenvalue weighted by Crippen LogP contribution is 2.02. The van der Waals surface area contributed by atoms with Crippen LogP contribution in [-0.2, 0) is 18.9 Å². The molecule has 0 aliphatic heterocycles. The molecule has 0 aliphatic rings. The summed E-state index contributed by atoms with van der Waals surface area (Å²) < 4.78 is 18.7. The third kappa shape index (κ3) is 6.92. The highest BCUT2D eigenvalue weighted by Gasteiger charge is 2.15. The Morgan fingerprint density at radius 2 is 1.50 bits per heavy atom. The molecule has 0 aromatic heterocycles. The second-order valence-electron chi connectivity index (χ2n) is 2.83. The van der Waals surface area contributed by atoms with Gasteiger partial charge in [-0.15, -0.1) is 0 Å². The predicted octanol–water partition coefficient (Wildman–Crippen LogP) is 2.11. The zero-order valence-corrected chi connectivity index (χ0v) is 9.86. The second-order valence-corrected chi connectivity index (χ2v) is 2.83. The molecule has 0 aliphatic carbocycles. The molecule has 0 rings (SSSR count). The molecule has 0 spiro atoms. The quantitative estimate of drug-likeness (QED) is 0.655. The Morgan fingerprint density at radius 3 is 2.00 bits per heavy atom. The summed E-state index contributed by atoms with van der Waals surface area (Å²) in [6.45, 7) is 5.61. The molecule has 0 aromatic carbocycles. The van der Waals surface area contributed by atoms with Crippen molar-refractivity contribution in [3.8, 4) is 0 Å². The molecule has 6 heteroatoms. The van der Waals surface area contributed by atoms with Gasteiger partial charge in [-0.3, -0.25) is 0 Å². The molecular formula is C10H18O6. The van der Waals surface area contributed by atoms with Crippen LogP contribution in [0.5, 0.6) is 0 Å². The van der Waals surface area contributed by atoms with E-state index in [0.29, 0.717) is 6.42 Å². The summed E-state index contributed by atoms with van der Waals surface area (Å²) in [4.78, 5) is 21.8. The van der Waals surface area contributed by atoms with Crippen LogP contribution in [0.2, 0.25) is 0 Å². The summed E-state index contributed by atoms with van der Waals surface area (Å²) in [5.41, 5.74) is 0. The van der Waals surface area contributed by atoms with Crippen LogP contribution in [0.25, 0.3) is 0 Å². The third-order valence-corrected chi connectivity index (χ3v) is 1.63. The molecule has 0 bridgehead atoms. The van der Waals surface area contributed by atoms with E-state index < -0.39 is 18.4 Å². The van der Waals surface area contributed by atoms with Crippen LogP contribution >= 0.6 is 0 Å². The number of hydrogen-bond donors (Lipinski definition) is 0. The summed E-state index contributed by atoms with van der Waals surface area (Å²) in [5.74, 6) is 0. The molecule has 0 N–H and O–H groups in total. The SMILES string of the molecule is CCOC(=O)OCC(CC)OC(=O)OCC. The fraction of sp³-hybridized carbons (Fsp3) is 0.800. The maximum atomic E-state index is 11.0. The van der Waals surface area contributed by atoms with Crippen molar-refractivity contribution >= 4 is 12.3 Å². The fourth-order valence-corrected chi connectivity index (χ4v) is 0.844. The van der Waals surface area contributed by atoms with Crippen LogP contribution in [0.3, 0.4) is 0 Å². The monoisotopic (exact) mass is 234 g/mol. The van der Waals surface area contributed by atoms with E-state index in [1.54, 1.807) is 20.8 Å². The lowest BCUT2D eigenvalue weighted by atomic mass is 10.3. The van der Waals surface area contributed by atoms with E-state index in [0.717, 1.165) is 0 Å². The highest BCUT2D eigenvalue weighted by molar-refractivity contribution is 5.61. The van der Waals surface area contributed by atoms with E-state index in [4.69, 9.17) is 9.47 Å². The van der Waals surface area contributed by atoms with Crippen molar-refractivity contribution in [2.75, 3.05) is 19.8 Å². The standard InChI is InChI=1S/C10H18O6/c1-4-8(16-10(12)14-6-3)7-15-9(11)13-5-2/h8H,4-7H2,1-3H3. The maximum absolute atomic E-state index is 11.0. The number of ether oxygens (including phenoxy) is 4. The Labute approximate surface area is 94.8 Å². The van der Waals surface area contributed by atoms with Crippen molar-refractivity contribution in [1.82, 2.24) is 0 Å². The third-order valence-electron chi connectivity index (χ3n) is 1.63. The summed E-state index contributed by atoms with van der Waals surface area (Å²) >= 11 is 0. The summed E-state index contributed by atoms with van der Waals surface area (Å²) in [5, 5.41) is 0. The average Bonchev–Trinajstić information content (AvgIpc) is 2.25. The van der Waals surface area contributed by atoms with Gasteiger partial charge in [0.05, 0.1) is 13.2 Å². The number of rotatable bonds is 6. The molecule has 0 saturated carbocycles. The maximum Gasteiger partial charge on any atom is 0.508 e. The zero-order valence-electron chi connectivity index (χ0n) is 9.86. The van der Waals surface area contributed by atoms with Gasteiger partial charge in [-0.2, -0.15) is 0 Å². The molecule has 0 amide bonds. The lowest BCUT2D eigenvalue weighted by molar-refractivity contribution is -0.0156. The van der Waals surface area contributed by atoms with Crippen molar-refractivity contribution in [1.29, 1.82) is 0 Å². The molecular weight excluding hydrogens is 216 g/mol. The van der Waals surface area contributed by atoms with E-state index in [9.17, 15) is 9.59 Å². The molecule has 16 heavy (non-hydrogen) atoms. The van der Waals surface area contributed by atoms with Gasteiger partial charge in [0.2, 0.25) is 0 Å². The fourth-order valence-electron chi connectivity index (χ4n) is 0.844. The molecule has 0 aromatic rings. The van der Waals surface area contributed by atoms with Gasteiger partial charge in [0.25, 0.3) is 0 Å². The lowest BCUT2D eigenvalue weighted by Gasteiger charge is -2.15. The first-order chi connectivity index (χ1) is 7.63. The van der Waals surface area contributed by atoms with Crippen LogP contribution in [0.4, 0.5) is 9.59 Å². The summed E-state index contributed by atoms with van der Waals surface area (Å²) in [7, 11) is 0. The van der Waals surface area contributed by atoms with E-state index in [1.807, 2.05) is 0 Å². The minimum Gasteiger partial charge on any atom is -0.435 e. The molecule has 0 radical (unpaired) electrons. The van der Waals surface area contributed by atoms with Gasteiger partial charge in [0.1, 0.15) is 12.7 Å². The first-order valence-corrected chi connectivity index (χ1v) is 5.26. The molecule has 1 unspecified atom stereocenters. The topological polar surface area (TPSA) is 71.1 Å². The Bertz CT molecular complexity index is 215. The Balaban J connectivity index is 3.82. The lowest BCUT2D eigenvalue weighted by Crippen LogP contribution is -2.25. The van der Waals surface area contributed by atoms with Gasteiger partial charge in [-0.1, -0.05) is 6.92 Å². The van der Waals surface area contributed by atoms with E-state index in [2.05, 4.69) is 9.47 Å². The summed E-state index contributed by atoms with van der Waals surface area (Å²) in [6, 6.07) is 0. The van der Waals surface area contributed by atoms with Crippen molar-refractivity contribution in [2.24, 2.45) is 0 Å². The van der Waals surface area contributed by atoms with Crippen molar-refractivity contribution < 1.29 is 28.5 Å². The Hall–Kier alpha value is -1.46. The molecule has 0 fully saturated rings. The smallest absolute Gasteiger partial charge is 0.435 e. The Morgan fingerprint density at radius 1 is 0.938 bits per heavy atom. The van der Waals surface area contributed by atoms with Crippen LogP contribution in [0.1, 0.15) is 27.2 Å². The number of carbonyl (C=O) groups excluding carboxylic acids is 2.